The second kappa shape index (κ2) is 5.87. The van der Waals surface area contributed by atoms with E-state index in [1.165, 1.54) is 0 Å². The van der Waals surface area contributed by atoms with E-state index in [2.05, 4.69) is 0 Å². The van der Waals surface area contributed by atoms with Crippen LogP contribution in [-0.2, 0) is 18.9 Å². The van der Waals surface area contributed by atoms with Gasteiger partial charge in [0, 0.05) is 12.8 Å². The van der Waals surface area contributed by atoms with Gasteiger partial charge in [-0.3, -0.25) is 0 Å². The molecule has 0 radical (unpaired) electrons. The van der Waals surface area contributed by atoms with Gasteiger partial charge >= 0.3 is 0 Å². The molecule has 0 saturated carbocycles. The van der Waals surface area contributed by atoms with Gasteiger partial charge < -0.3 is 29.2 Å². The van der Waals surface area contributed by atoms with Crippen molar-refractivity contribution in [3.8, 4) is 0 Å². The molecule has 116 valence electrons. The second-order valence-corrected chi connectivity index (χ2v) is 5.79. The lowest BCUT2D eigenvalue weighted by atomic mass is 9.88. The molecule has 0 aromatic rings. The molecular formula is C14H24O6. The number of rotatable bonds is 2. The summed E-state index contributed by atoms with van der Waals surface area (Å²) in [6, 6.07) is 0. The summed E-state index contributed by atoms with van der Waals surface area (Å²) in [5.41, 5.74) is 0. The number of aliphatic hydroxyl groups is 2. The molecule has 4 atom stereocenters. The van der Waals surface area contributed by atoms with E-state index in [1.54, 1.807) is 0 Å². The molecule has 3 aliphatic heterocycles. The van der Waals surface area contributed by atoms with Crippen LogP contribution in [0.1, 0.15) is 38.5 Å². The number of ether oxygens (including phenoxy) is 4. The topological polar surface area (TPSA) is 77.4 Å². The Hall–Kier alpha value is -0.240. The van der Waals surface area contributed by atoms with Crippen LogP contribution in [-0.4, -0.2) is 60.4 Å². The van der Waals surface area contributed by atoms with Crippen molar-refractivity contribution in [2.24, 2.45) is 0 Å². The summed E-state index contributed by atoms with van der Waals surface area (Å²) >= 11 is 0. The third kappa shape index (κ3) is 2.28. The Morgan fingerprint density at radius 3 is 1.50 bits per heavy atom. The maximum Gasteiger partial charge on any atom is 0.224 e. The zero-order chi connectivity index (χ0) is 14.1. The van der Waals surface area contributed by atoms with Crippen molar-refractivity contribution >= 4 is 0 Å². The van der Waals surface area contributed by atoms with Gasteiger partial charge in [-0.25, -0.2) is 0 Å². The van der Waals surface area contributed by atoms with Gasteiger partial charge in [0.1, 0.15) is 12.2 Å². The van der Waals surface area contributed by atoms with Crippen molar-refractivity contribution in [3.05, 3.63) is 0 Å². The first-order valence-corrected chi connectivity index (χ1v) is 7.60. The van der Waals surface area contributed by atoms with Crippen LogP contribution < -0.4 is 0 Å². The molecule has 0 aromatic carbocycles. The van der Waals surface area contributed by atoms with E-state index in [1.807, 2.05) is 0 Å². The monoisotopic (exact) mass is 288 g/mol. The Morgan fingerprint density at radius 1 is 0.750 bits per heavy atom. The van der Waals surface area contributed by atoms with Crippen molar-refractivity contribution in [3.63, 3.8) is 0 Å². The fourth-order valence-electron chi connectivity index (χ4n) is 3.45. The minimum absolute atomic E-state index is 0.202. The lowest BCUT2D eigenvalue weighted by molar-refractivity contribution is -0.483. The molecule has 3 saturated heterocycles. The van der Waals surface area contributed by atoms with Gasteiger partial charge in [0.25, 0.3) is 0 Å². The van der Waals surface area contributed by atoms with Gasteiger partial charge in [-0.1, -0.05) is 0 Å². The Balaban J connectivity index is 1.90. The molecule has 0 bridgehead atoms. The summed E-state index contributed by atoms with van der Waals surface area (Å²) in [5, 5.41) is 19.0. The first kappa shape index (κ1) is 14.7. The molecule has 3 heterocycles. The van der Waals surface area contributed by atoms with Gasteiger partial charge in [0.2, 0.25) is 11.6 Å². The molecule has 20 heavy (non-hydrogen) atoms. The molecule has 0 amide bonds. The molecule has 3 aliphatic rings. The minimum atomic E-state index is -0.940. The summed E-state index contributed by atoms with van der Waals surface area (Å²) < 4.78 is 24.1. The third-order valence-corrected chi connectivity index (χ3v) is 4.51. The highest BCUT2D eigenvalue weighted by molar-refractivity contribution is 4.98. The van der Waals surface area contributed by atoms with Crippen molar-refractivity contribution in [1.82, 2.24) is 0 Å². The van der Waals surface area contributed by atoms with Crippen LogP contribution in [0.2, 0.25) is 0 Å². The van der Waals surface area contributed by atoms with Gasteiger partial charge in [-0.2, -0.15) is 0 Å². The van der Waals surface area contributed by atoms with E-state index < -0.39 is 23.8 Å². The molecule has 0 aliphatic carbocycles. The lowest BCUT2D eigenvalue weighted by Gasteiger charge is -2.57. The normalized spacial score (nSPS) is 45.9. The fraction of sp³-hybridized carbons (Fsp3) is 1.00. The maximum absolute atomic E-state index is 9.48. The third-order valence-electron chi connectivity index (χ3n) is 4.51. The van der Waals surface area contributed by atoms with E-state index in [4.69, 9.17) is 18.9 Å². The summed E-state index contributed by atoms with van der Waals surface area (Å²) in [6.45, 7) is 0.811. The minimum Gasteiger partial charge on any atom is -0.394 e. The second-order valence-electron chi connectivity index (χ2n) is 5.79. The summed E-state index contributed by atoms with van der Waals surface area (Å²) in [6.07, 6.45) is 4.20. The smallest absolute Gasteiger partial charge is 0.224 e. The molecule has 2 spiro atoms. The Labute approximate surface area is 119 Å². The van der Waals surface area contributed by atoms with Crippen molar-refractivity contribution < 1.29 is 29.2 Å². The van der Waals surface area contributed by atoms with E-state index in [9.17, 15) is 10.2 Å². The van der Waals surface area contributed by atoms with E-state index in [-0.39, 0.29) is 13.2 Å². The number of hydrogen-bond acceptors (Lipinski definition) is 6. The van der Waals surface area contributed by atoms with Crippen molar-refractivity contribution in [2.75, 3.05) is 26.4 Å². The molecule has 6 nitrogen and oxygen atoms in total. The zero-order valence-electron chi connectivity index (χ0n) is 11.8. The Bertz CT molecular complexity index is 290. The van der Waals surface area contributed by atoms with Crippen LogP contribution >= 0.6 is 0 Å². The Kier molecular flexibility index (Phi) is 4.31. The summed E-state index contributed by atoms with van der Waals surface area (Å²) in [7, 11) is 0. The molecule has 3 fully saturated rings. The standard InChI is InChI=1S/C14H24O6/c15-9-11-12(10-16)20-14(6-2-4-8-18-14)13(19-11)5-1-3-7-17-13/h11-12,15-16H,1-10H2/t11-,12-,13+,14?/m0/s1. The van der Waals surface area contributed by atoms with Gasteiger partial charge in [0.05, 0.1) is 26.4 Å². The van der Waals surface area contributed by atoms with E-state index in [0.29, 0.717) is 26.1 Å². The lowest BCUT2D eigenvalue weighted by Crippen LogP contribution is -2.70. The molecule has 0 aromatic heterocycles. The number of fused-ring (bicyclic) bond motifs is 1. The Morgan fingerprint density at radius 2 is 1.20 bits per heavy atom. The van der Waals surface area contributed by atoms with Crippen molar-refractivity contribution in [1.29, 1.82) is 0 Å². The van der Waals surface area contributed by atoms with Gasteiger partial charge in [-0.05, 0) is 25.7 Å². The maximum atomic E-state index is 9.48. The predicted octanol–water partition coefficient (Wildman–Crippen LogP) is 0.549. The fourth-order valence-corrected chi connectivity index (χ4v) is 3.45. The largest absolute Gasteiger partial charge is 0.394 e. The highest BCUT2D eigenvalue weighted by atomic mass is 16.8. The predicted molar refractivity (Wildman–Crippen MR) is 69.0 cm³/mol. The molecule has 6 heteroatoms. The highest BCUT2D eigenvalue weighted by Crippen LogP contribution is 2.49. The van der Waals surface area contributed by atoms with E-state index >= 15 is 0 Å². The SMILES string of the molecule is OC[C@@H]1OC2(CCCCO2)[C@@]2(CCCCO2)O[C@H]1CO. The summed E-state index contributed by atoms with van der Waals surface area (Å²) in [5.74, 6) is -1.88. The number of hydrogen-bond donors (Lipinski definition) is 2. The van der Waals surface area contributed by atoms with Crippen LogP contribution in [0.25, 0.3) is 0 Å². The van der Waals surface area contributed by atoms with E-state index in [0.717, 1.165) is 25.7 Å². The first-order valence-electron chi connectivity index (χ1n) is 7.60. The van der Waals surface area contributed by atoms with Gasteiger partial charge in [0.15, 0.2) is 0 Å². The quantitative estimate of drug-likeness (QED) is 0.772. The average Bonchev–Trinajstić information content (AvgIpc) is 2.52. The molecule has 3 rings (SSSR count). The molecular weight excluding hydrogens is 264 g/mol. The van der Waals surface area contributed by atoms with Crippen LogP contribution in [0, 0.1) is 0 Å². The highest BCUT2D eigenvalue weighted by Gasteiger charge is 2.63. The van der Waals surface area contributed by atoms with Gasteiger partial charge in [-0.15, -0.1) is 0 Å². The first-order chi connectivity index (χ1) is 9.75. The average molecular weight is 288 g/mol. The van der Waals surface area contributed by atoms with Crippen LogP contribution in [0.5, 0.6) is 0 Å². The number of aliphatic hydroxyl groups excluding tert-OH is 2. The molecule has 2 N–H and O–H groups in total. The van der Waals surface area contributed by atoms with Crippen molar-refractivity contribution in [2.45, 2.75) is 62.3 Å². The van der Waals surface area contributed by atoms with Crippen LogP contribution in [0.3, 0.4) is 0 Å². The molecule has 1 unspecified atom stereocenters. The summed E-state index contributed by atoms with van der Waals surface area (Å²) in [4.78, 5) is 0. The zero-order valence-corrected chi connectivity index (χ0v) is 11.8. The van der Waals surface area contributed by atoms with Crippen LogP contribution in [0.4, 0.5) is 0 Å². The van der Waals surface area contributed by atoms with Crippen LogP contribution in [0.15, 0.2) is 0 Å².